The van der Waals surface area contributed by atoms with Gasteiger partial charge in [-0.25, -0.2) is 9.97 Å². The molecule has 26 heavy (non-hydrogen) atoms. The third kappa shape index (κ3) is 3.63. The molecule has 2 heterocycles. The van der Waals surface area contributed by atoms with Crippen molar-refractivity contribution in [3.63, 3.8) is 0 Å². The third-order valence-electron chi connectivity index (χ3n) is 3.76. The van der Waals surface area contributed by atoms with E-state index < -0.39 is 0 Å². The van der Waals surface area contributed by atoms with Crippen molar-refractivity contribution in [1.82, 2.24) is 14.5 Å². The first-order chi connectivity index (χ1) is 12.7. The first kappa shape index (κ1) is 16.8. The van der Waals surface area contributed by atoms with Gasteiger partial charge in [0, 0.05) is 18.1 Å². The number of anilines is 1. The number of nitrogens with zero attached hydrogens (tertiary/aromatic N) is 3. The highest BCUT2D eigenvalue weighted by Gasteiger charge is 2.11. The lowest BCUT2D eigenvalue weighted by Crippen LogP contribution is -2.14. The summed E-state index contributed by atoms with van der Waals surface area (Å²) in [7, 11) is 0. The summed E-state index contributed by atoms with van der Waals surface area (Å²) < 4.78 is 3.05. The highest BCUT2D eigenvalue weighted by Crippen LogP contribution is 2.27. The lowest BCUT2D eigenvalue weighted by Gasteiger charge is -2.07. The van der Waals surface area contributed by atoms with Gasteiger partial charge in [-0.2, -0.15) is 0 Å². The Morgan fingerprint density at radius 2 is 2.08 bits per heavy atom. The van der Waals surface area contributed by atoms with Crippen LogP contribution in [-0.4, -0.2) is 26.2 Å². The molecule has 0 aliphatic heterocycles. The minimum Gasteiger partial charge on any atom is -0.301 e. The van der Waals surface area contributed by atoms with Crippen molar-refractivity contribution in [1.29, 1.82) is 0 Å². The van der Waals surface area contributed by atoms with Crippen LogP contribution >= 0.6 is 23.1 Å². The zero-order chi connectivity index (χ0) is 17.9. The van der Waals surface area contributed by atoms with E-state index in [0.29, 0.717) is 5.13 Å². The van der Waals surface area contributed by atoms with E-state index in [2.05, 4.69) is 21.4 Å². The van der Waals surface area contributed by atoms with E-state index in [1.807, 2.05) is 60.2 Å². The van der Waals surface area contributed by atoms with Crippen molar-refractivity contribution in [2.75, 3.05) is 11.1 Å². The zero-order valence-corrected chi connectivity index (χ0v) is 15.7. The highest BCUT2D eigenvalue weighted by molar-refractivity contribution is 7.99. The summed E-state index contributed by atoms with van der Waals surface area (Å²) in [6.07, 6.45) is 3.63. The molecule has 0 radical (unpaired) electrons. The van der Waals surface area contributed by atoms with Crippen LogP contribution in [0.5, 0.6) is 0 Å². The molecule has 0 bridgehead atoms. The van der Waals surface area contributed by atoms with Gasteiger partial charge in [0.05, 0.1) is 16.0 Å². The molecule has 0 spiro atoms. The summed E-state index contributed by atoms with van der Waals surface area (Å²) in [6.45, 7) is 2.04. The second kappa shape index (κ2) is 7.31. The molecule has 130 valence electrons. The summed E-state index contributed by atoms with van der Waals surface area (Å²) in [5, 5.41) is 4.29. The van der Waals surface area contributed by atoms with Crippen LogP contribution in [-0.2, 0) is 4.79 Å². The van der Waals surface area contributed by atoms with Gasteiger partial charge in [-0.1, -0.05) is 47.4 Å². The van der Waals surface area contributed by atoms with Gasteiger partial charge in [0.25, 0.3) is 0 Å². The molecule has 1 N–H and O–H groups in total. The Hall–Kier alpha value is -2.64. The molecule has 7 heteroatoms. The Labute approximate surface area is 159 Å². The maximum Gasteiger partial charge on any atom is 0.236 e. The monoisotopic (exact) mass is 380 g/mol. The van der Waals surface area contributed by atoms with Gasteiger partial charge in [0.15, 0.2) is 10.3 Å². The van der Waals surface area contributed by atoms with Gasteiger partial charge < -0.3 is 5.32 Å². The fourth-order valence-electron chi connectivity index (χ4n) is 2.55. The molecule has 0 saturated heterocycles. The predicted octanol–water partition coefficient (Wildman–Crippen LogP) is 4.52. The molecule has 5 nitrogen and oxygen atoms in total. The normalized spacial score (nSPS) is 11.0. The average molecular weight is 380 g/mol. The SMILES string of the molecule is Cc1ccc2nc(NC(=O)CSc3nccn3-c3ccccc3)sc2c1. The van der Waals surface area contributed by atoms with E-state index in [1.54, 1.807) is 6.20 Å². The second-order valence-electron chi connectivity index (χ2n) is 5.74. The molecule has 4 aromatic rings. The van der Waals surface area contributed by atoms with E-state index in [9.17, 15) is 4.79 Å². The van der Waals surface area contributed by atoms with Crippen molar-refractivity contribution in [3.8, 4) is 5.69 Å². The zero-order valence-electron chi connectivity index (χ0n) is 14.0. The molecular weight excluding hydrogens is 364 g/mol. The van der Waals surface area contributed by atoms with Crippen molar-refractivity contribution >= 4 is 44.4 Å². The summed E-state index contributed by atoms with van der Waals surface area (Å²) in [6, 6.07) is 16.0. The number of para-hydroxylation sites is 1. The number of amides is 1. The molecule has 4 rings (SSSR count). The number of aryl methyl sites for hydroxylation is 1. The maximum atomic E-state index is 12.3. The summed E-state index contributed by atoms with van der Waals surface area (Å²) in [4.78, 5) is 21.1. The molecule has 0 atom stereocenters. The molecule has 2 aromatic carbocycles. The number of aromatic nitrogens is 3. The van der Waals surface area contributed by atoms with Gasteiger partial charge in [-0.3, -0.25) is 9.36 Å². The van der Waals surface area contributed by atoms with E-state index in [1.165, 1.54) is 28.7 Å². The van der Waals surface area contributed by atoms with E-state index in [0.717, 1.165) is 21.1 Å². The molecule has 0 unspecified atom stereocenters. The first-order valence-corrected chi connectivity index (χ1v) is 9.88. The van der Waals surface area contributed by atoms with Crippen LogP contribution in [0.3, 0.4) is 0 Å². The molecule has 1 amide bonds. The van der Waals surface area contributed by atoms with Crippen LogP contribution < -0.4 is 5.32 Å². The summed E-state index contributed by atoms with van der Waals surface area (Å²) >= 11 is 2.89. The van der Waals surface area contributed by atoms with E-state index in [4.69, 9.17) is 0 Å². The van der Waals surface area contributed by atoms with Crippen molar-refractivity contribution < 1.29 is 4.79 Å². The number of nitrogens with one attached hydrogen (secondary N) is 1. The fraction of sp³-hybridized carbons (Fsp3) is 0.105. The number of fused-ring (bicyclic) bond motifs is 1. The third-order valence-corrected chi connectivity index (χ3v) is 5.66. The topological polar surface area (TPSA) is 59.8 Å². The largest absolute Gasteiger partial charge is 0.301 e. The minimum absolute atomic E-state index is 0.0895. The predicted molar refractivity (Wildman–Crippen MR) is 107 cm³/mol. The molecule has 0 fully saturated rings. The lowest BCUT2D eigenvalue weighted by atomic mass is 10.2. The van der Waals surface area contributed by atoms with Crippen molar-refractivity contribution in [2.24, 2.45) is 0 Å². The minimum atomic E-state index is -0.0895. The number of hydrogen-bond donors (Lipinski definition) is 1. The van der Waals surface area contributed by atoms with Crippen LogP contribution in [0.2, 0.25) is 0 Å². The fourth-order valence-corrected chi connectivity index (χ4v) is 4.31. The standard InChI is InChI=1S/C19H16N4OS2/c1-13-7-8-15-16(11-13)26-18(21-15)22-17(24)12-25-19-20-9-10-23(19)14-5-3-2-4-6-14/h2-11H,12H2,1H3,(H,21,22,24). The smallest absolute Gasteiger partial charge is 0.236 e. The Bertz CT molecular complexity index is 1060. The van der Waals surface area contributed by atoms with Crippen LogP contribution in [0.25, 0.3) is 15.9 Å². The molecule has 0 aliphatic rings. The highest BCUT2D eigenvalue weighted by atomic mass is 32.2. The molecular formula is C19H16N4OS2. The van der Waals surface area contributed by atoms with Crippen LogP contribution in [0.1, 0.15) is 5.56 Å². The first-order valence-electron chi connectivity index (χ1n) is 8.08. The number of thiazole rings is 1. The van der Waals surface area contributed by atoms with Crippen LogP contribution in [0.15, 0.2) is 66.1 Å². The maximum absolute atomic E-state index is 12.3. The lowest BCUT2D eigenvalue weighted by molar-refractivity contribution is -0.113. The van der Waals surface area contributed by atoms with E-state index >= 15 is 0 Å². The summed E-state index contributed by atoms with van der Waals surface area (Å²) in [5.74, 6) is 0.187. The number of imidazole rings is 1. The van der Waals surface area contributed by atoms with Gasteiger partial charge >= 0.3 is 0 Å². The van der Waals surface area contributed by atoms with Crippen molar-refractivity contribution in [3.05, 3.63) is 66.5 Å². The van der Waals surface area contributed by atoms with E-state index in [-0.39, 0.29) is 11.7 Å². The quantitative estimate of drug-likeness (QED) is 0.517. The summed E-state index contributed by atoms with van der Waals surface area (Å²) in [5.41, 5.74) is 3.11. The average Bonchev–Trinajstić information content (AvgIpc) is 3.26. The van der Waals surface area contributed by atoms with Crippen LogP contribution in [0.4, 0.5) is 5.13 Å². The number of rotatable bonds is 5. The Morgan fingerprint density at radius 3 is 2.92 bits per heavy atom. The number of benzene rings is 2. The molecule has 0 aliphatic carbocycles. The van der Waals surface area contributed by atoms with Gasteiger partial charge in [0.1, 0.15) is 0 Å². The Kier molecular flexibility index (Phi) is 4.73. The number of thioether (sulfide) groups is 1. The number of carbonyl (C=O) groups is 1. The van der Waals surface area contributed by atoms with Gasteiger partial charge in [0.2, 0.25) is 5.91 Å². The molecule has 0 saturated carbocycles. The van der Waals surface area contributed by atoms with Crippen LogP contribution in [0, 0.1) is 6.92 Å². The Morgan fingerprint density at radius 1 is 1.23 bits per heavy atom. The molecule has 2 aromatic heterocycles. The van der Waals surface area contributed by atoms with Crippen molar-refractivity contribution in [2.45, 2.75) is 12.1 Å². The Balaban J connectivity index is 1.42. The number of carbonyl (C=O) groups excluding carboxylic acids is 1. The number of hydrogen-bond acceptors (Lipinski definition) is 5. The second-order valence-corrected chi connectivity index (χ2v) is 7.72. The van der Waals surface area contributed by atoms with Gasteiger partial charge in [-0.15, -0.1) is 0 Å². The van der Waals surface area contributed by atoms with Gasteiger partial charge in [-0.05, 0) is 36.8 Å².